The Hall–Kier alpha value is -1.24. The van der Waals surface area contributed by atoms with Gasteiger partial charge in [0, 0.05) is 32.1 Å². The van der Waals surface area contributed by atoms with Gasteiger partial charge in [-0.1, -0.05) is 6.92 Å². The Morgan fingerprint density at radius 3 is 2.47 bits per heavy atom. The molecule has 4 nitrogen and oxygen atoms in total. The second-order valence-electron chi connectivity index (χ2n) is 5.37. The van der Waals surface area contributed by atoms with Crippen LogP contribution in [0.5, 0.6) is 0 Å². The molecular formula is C13H21N3O. The second-order valence-corrected chi connectivity index (χ2v) is 5.37. The number of piperidine rings is 2. The van der Waals surface area contributed by atoms with E-state index in [1.807, 2.05) is 9.80 Å². The normalized spacial score (nSPS) is 26.7. The lowest BCUT2D eigenvalue weighted by atomic mass is 9.98. The van der Waals surface area contributed by atoms with Crippen molar-refractivity contribution in [2.24, 2.45) is 11.8 Å². The molecule has 2 heterocycles. The van der Waals surface area contributed by atoms with Crippen molar-refractivity contribution in [1.82, 2.24) is 9.80 Å². The largest absolute Gasteiger partial charge is 0.325 e. The fourth-order valence-electron chi connectivity index (χ4n) is 2.76. The fourth-order valence-corrected chi connectivity index (χ4v) is 2.76. The summed E-state index contributed by atoms with van der Waals surface area (Å²) in [5, 5.41) is 8.84. The highest BCUT2D eigenvalue weighted by atomic mass is 16.2. The van der Waals surface area contributed by atoms with Gasteiger partial charge in [-0.15, -0.1) is 0 Å². The number of urea groups is 1. The zero-order chi connectivity index (χ0) is 12.3. The van der Waals surface area contributed by atoms with Gasteiger partial charge in [0.1, 0.15) is 0 Å². The van der Waals surface area contributed by atoms with Crippen molar-refractivity contribution in [1.29, 1.82) is 5.26 Å². The van der Waals surface area contributed by atoms with Gasteiger partial charge in [-0.3, -0.25) is 0 Å². The van der Waals surface area contributed by atoms with Crippen LogP contribution in [-0.4, -0.2) is 42.0 Å². The van der Waals surface area contributed by atoms with E-state index in [4.69, 9.17) is 5.26 Å². The van der Waals surface area contributed by atoms with Gasteiger partial charge < -0.3 is 9.80 Å². The van der Waals surface area contributed by atoms with Crippen LogP contribution in [0.1, 0.15) is 32.6 Å². The topological polar surface area (TPSA) is 47.3 Å². The van der Waals surface area contributed by atoms with Crippen molar-refractivity contribution in [2.75, 3.05) is 26.2 Å². The van der Waals surface area contributed by atoms with E-state index >= 15 is 0 Å². The Kier molecular flexibility index (Phi) is 3.88. The Morgan fingerprint density at radius 1 is 1.18 bits per heavy atom. The molecule has 1 unspecified atom stereocenters. The molecule has 2 amide bonds. The monoisotopic (exact) mass is 235 g/mol. The van der Waals surface area contributed by atoms with E-state index in [1.165, 1.54) is 6.42 Å². The molecule has 2 aliphatic rings. The zero-order valence-electron chi connectivity index (χ0n) is 10.6. The Morgan fingerprint density at radius 2 is 1.88 bits per heavy atom. The summed E-state index contributed by atoms with van der Waals surface area (Å²) in [6.45, 7) is 5.52. The third kappa shape index (κ3) is 2.91. The van der Waals surface area contributed by atoms with Gasteiger partial charge in [-0.25, -0.2) is 4.79 Å². The molecule has 0 aliphatic carbocycles. The van der Waals surface area contributed by atoms with E-state index in [0.29, 0.717) is 5.92 Å². The third-order valence-electron chi connectivity index (χ3n) is 3.88. The summed E-state index contributed by atoms with van der Waals surface area (Å²) < 4.78 is 0. The van der Waals surface area contributed by atoms with Crippen LogP contribution in [0.25, 0.3) is 0 Å². The van der Waals surface area contributed by atoms with Gasteiger partial charge in [-0.05, 0) is 31.6 Å². The van der Waals surface area contributed by atoms with E-state index in [9.17, 15) is 4.79 Å². The molecule has 0 aromatic rings. The minimum absolute atomic E-state index is 0.152. The van der Waals surface area contributed by atoms with Crippen LogP contribution in [0, 0.1) is 23.2 Å². The van der Waals surface area contributed by atoms with E-state index in [-0.39, 0.29) is 11.9 Å². The first-order valence-electron chi connectivity index (χ1n) is 6.64. The SMILES string of the molecule is CC1CCCN(C(=O)N2CCC(C#N)CC2)C1. The Labute approximate surface area is 103 Å². The lowest BCUT2D eigenvalue weighted by Gasteiger charge is -2.37. The number of hydrogen-bond donors (Lipinski definition) is 0. The van der Waals surface area contributed by atoms with Crippen LogP contribution in [0.3, 0.4) is 0 Å². The minimum Gasteiger partial charge on any atom is -0.325 e. The number of nitrogens with zero attached hydrogens (tertiary/aromatic N) is 3. The van der Waals surface area contributed by atoms with Crippen LogP contribution in [0.2, 0.25) is 0 Å². The van der Waals surface area contributed by atoms with Crippen LogP contribution in [0.15, 0.2) is 0 Å². The predicted molar refractivity (Wildman–Crippen MR) is 65.3 cm³/mol. The lowest BCUT2D eigenvalue weighted by molar-refractivity contribution is 0.119. The summed E-state index contributed by atoms with van der Waals surface area (Å²) >= 11 is 0. The second kappa shape index (κ2) is 5.39. The first kappa shape index (κ1) is 12.2. The highest BCUT2D eigenvalue weighted by molar-refractivity contribution is 5.74. The van der Waals surface area contributed by atoms with Gasteiger partial charge >= 0.3 is 6.03 Å². The van der Waals surface area contributed by atoms with Crippen molar-refractivity contribution in [3.8, 4) is 6.07 Å². The van der Waals surface area contributed by atoms with Gasteiger partial charge in [0.25, 0.3) is 0 Å². The smallest absolute Gasteiger partial charge is 0.320 e. The van der Waals surface area contributed by atoms with Gasteiger partial charge in [-0.2, -0.15) is 5.26 Å². The fraction of sp³-hybridized carbons (Fsp3) is 0.846. The summed E-state index contributed by atoms with van der Waals surface area (Å²) in [6, 6.07) is 2.49. The van der Waals surface area contributed by atoms with Crippen molar-refractivity contribution < 1.29 is 4.79 Å². The van der Waals surface area contributed by atoms with Gasteiger partial charge in [0.15, 0.2) is 0 Å². The van der Waals surface area contributed by atoms with Gasteiger partial charge in [0.2, 0.25) is 0 Å². The number of likely N-dealkylation sites (tertiary alicyclic amines) is 2. The van der Waals surface area contributed by atoms with Crippen molar-refractivity contribution in [3.05, 3.63) is 0 Å². The number of amides is 2. The molecule has 2 saturated heterocycles. The molecule has 1 atom stereocenters. The zero-order valence-corrected chi connectivity index (χ0v) is 10.6. The molecule has 0 aromatic carbocycles. The highest BCUT2D eigenvalue weighted by Gasteiger charge is 2.28. The predicted octanol–water partition coefficient (Wildman–Crippen LogP) is 2.07. The van der Waals surface area contributed by atoms with Crippen LogP contribution < -0.4 is 0 Å². The highest BCUT2D eigenvalue weighted by Crippen LogP contribution is 2.20. The summed E-state index contributed by atoms with van der Waals surface area (Å²) in [4.78, 5) is 16.2. The maximum Gasteiger partial charge on any atom is 0.320 e. The van der Waals surface area contributed by atoms with Crippen LogP contribution in [-0.2, 0) is 0 Å². The van der Waals surface area contributed by atoms with Crippen molar-refractivity contribution in [2.45, 2.75) is 32.6 Å². The molecule has 2 aliphatic heterocycles. The first-order chi connectivity index (χ1) is 8.20. The maximum absolute atomic E-state index is 12.3. The molecule has 17 heavy (non-hydrogen) atoms. The van der Waals surface area contributed by atoms with Crippen LogP contribution in [0.4, 0.5) is 4.79 Å². The van der Waals surface area contributed by atoms with E-state index in [2.05, 4.69) is 13.0 Å². The lowest BCUT2D eigenvalue weighted by Crippen LogP contribution is -2.49. The van der Waals surface area contributed by atoms with Crippen molar-refractivity contribution in [3.63, 3.8) is 0 Å². The van der Waals surface area contributed by atoms with E-state index < -0.39 is 0 Å². The summed E-state index contributed by atoms with van der Waals surface area (Å²) in [7, 11) is 0. The Bertz CT molecular complexity index is 315. The number of rotatable bonds is 0. The molecule has 0 spiro atoms. The molecule has 4 heteroatoms. The van der Waals surface area contributed by atoms with E-state index in [0.717, 1.165) is 45.4 Å². The maximum atomic E-state index is 12.3. The molecule has 94 valence electrons. The Balaban J connectivity index is 1.86. The molecular weight excluding hydrogens is 214 g/mol. The van der Waals surface area contributed by atoms with Gasteiger partial charge in [0.05, 0.1) is 6.07 Å². The molecule has 0 N–H and O–H groups in total. The van der Waals surface area contributed by atoms with Crippen molar-refractivity contribution >= 4 is 6.03 Å². The number of hydrogen-bond acceptors (Lipinski definition) is 2. The summed E-state index contributed by atoms with van der Waals surface area (Å²) in [6.07, 6.45) is 4.04. The standard InChI is InChI=1S/C13H21N3O/c1-11-3-2-6-16(10-11)13(17)15-7-4-12(9-14)5-8-15/h11-12H,2-8,10H2,1H3. The average molecular weight is 235 g/mol. The first-order valence-corrected chi connectivity index (χ1v) is 6.64. The molecule has 0 aromatic heterocycles. The minimum atomic E-state index is 0.152. The summed E-state index contributed by atoms with van der Waals surface area (Å²) in [5.74, 6) is 0.781. The third-order valence-corrected chi connectivity index (χ3v) is 3.88. The number of carbonyl (C=O) groups is 1. The molecule has 0 radical (unpaired) electrons. The molecule has 2 rings (SSSR count). The van der Waals surface area contributed by atoms with Crippen LogP contribution >= 0.6 is 0 Å². The number of nitriles is 1. The number of carbonyl (C=O) groups excluding carboxylic acids is 1. The van der Waals surface area contributed by atoms with E-state index in [1.54, 1.807) is 0 Å². The molecule has 2 fully saturated rings. The summed E-state index contributed by atoms with van der Waals surface area (Å²) in [5.41, 5.74) is 0. The quantitative estimate of drug-likeness (QED) is 0.645. The molecule has 0 saturated carbocycles. The average Bonchev–Trinajstić information content (AvgIpc) is 2.38. The molecule has 0 bridgehead atoms.